The Kier molecular flexibility index (Phi) is 4.95. The highest BCUT2D eigenvalue weighted by atomic mass is 31.2. The van der Waals surface area contributed by atoms with Crippen molar-refractivity contribution in [2.75, 3.05) is 7.11 Å². The van der Waals surface area contributed by atoms with Gasteiger partial charge in [0.15, 0.2) is 0 Å². The van der Waals surface area contributed by atoms with E-state index in [0.717, 1.165) is 10.9 Å². The Balaban J connectivity index is 1.96. The fourth-order valence-corrected chi connectivity index (χ4v) is 2.82. The molecule has 0 radical (unpaired) electrons. The second-order valence-corrected chi connectivity index (χ2v) is 6.50. The lowest BCUT2D eigenvalue weighted by molar-refractivity contribution is 0.283. The van der Waals surface area contributed by atoms with Crippen LogP contribution in [0.15, 0.2) is 57.7 Å². The number of rotatable bonds is 5. The lowest BCUT2D eigenvalue weighted by Gasteiger charge is -2.08. The Morgan fingerprint density at radius 2 is 1.69 bits per heavy atom. The summed E-state index contributed by atoms with van der Waals surface area (Å²) >= 11 is 0. The van der Waals surface area contributed by atoms with Crippen molar-refractivity contribution in [3.63, 3.8) is 0 Å². The van der Waals surface area contributed by atoms with E-state index >= 15 is 0 Å². The van der Waals surface area contributed by atoms with Gasteiger partial charge in [-0.15, -0.1) is 0 Å². The molecule has 7 nitrogen and oxygen atoms in total. The van der Waals surface area contributed by atoms with Gasteiger partial charge in [-0.2, -0.15) is 0 Å². The van der Waals surface area contributed by atoms with Crippen molar-refractivity contribution in [1.82, 2.24) is 0 Å². The SMILES string of the molecule is COc1ccc2ccc(=O)oc2c1/C=C/c1ccc(OP(=O)(O)O)cc1. The molecule has 8 heteroatoms. The van der Waals surface area contributed by atoms with Gasteiger partial charge in [-0.25, -0.2) is 9.36 Å². The molecule has 3 rings (SSSR count). The first kappa shape index (κ1) is 17.9. The molecule has 0 fully saturated rings. The van der Waals surface area contributed by atoms with E-state index in [-0.39, 0.29) is 5.75 Å². The van der Waals surface area contributed by atoms with Crippen molar-refractivity contribution in [1.29, 1.82) is 0 Å². The number of hydrogen-bond donors (Lipinski definition) is 2. The highest BCUT2D eigenvalue weighted by Gasteiger charge is 2.15. The number of methoxy groups -OCH3 is 1. The summed E-state index contributed by atoms with van der Waals surface area (Å²) in [7, 11) is -3.06. The predicted molar refractivity (Wildman–Crippen MR) is 97.1 cm³/mol. The zero-order valence-corrected chi connectivity index (χ0v) is 14.6. The van der Waals surface area contributed by atoms with Crippen LogP contribution in [-0.4, -0.2) is 16.9 Å². The van der Waals surface area contributed by atoms with Crippen LogP contribution in [0.1, 0.15) is 11.1 Å². The molecular weight excluding hydrogens is 359 g/mol. The molecule has 0 saturated heterocycles. The van der Waals surface area contributed by atoms with E-state index in [1.165, 1.54) is 25.3 Å². The first-order valence-electron chi connectivity index (χ1n) is 7.50. The van der Waals surface area contributed by atoms with Crippen molar-refractivity contribution in [3.05, 3.63) is 70.1 Å². The Morgan fingerprint density at radius 3 is 2.35 bits per heavy atom. The maximum atomic E-state index is 11.6. The molecule has 0 aliphatic heterocycles. The summed E-state index contributed by atoms with van der Waals surface area (Å²) < 4.78 is 26.0. The third-order valence-corrected chi connectivity index (χ3v) is 4.00. The monoisotopic (exact) mass is 374 g/mol. The van der Waals surface area contributed by atoms with Crippen LogP contribution in [0.5, 0.6) is 11.5 Å². The molecule has 26 heavy (non-hydrogen) atoms. The number of phosphoric acid groups is 1. The van der Waals surface area contributed by atoms with E-state index in [4.69, 9.17) is 18.9 Å². The van der Waals surface area contributed by atoms with E-state index in [1.807, 2.05) is 0 Å². The van der Waals surface area contributed by atoms with Gasteiger partial charge in [-0.3, -0.25) is 9.79 Å². The molecule has 0 amide bonds. The van der Waals surface area contributed by atoms with Crippen LogP contribution in [0, 0.1) is 0 Å². The van der Waals surface area contributed by atoms with E-state index in [9.17, 15) is 9.36 Å². The van der Waals surface area contributed by atoms with Gasteiger partial charge in [0.25, 0.3) is 0 Å². The van der Waals surface area contributed by atoms with Crippen LogP contribution in [0.4, 0.5) is 0 Å². The van der Waals surface area contributed by atoms with Gasteiger partial charge in [-0.1, -0.05) is 18.2 Å². The normalized spacial score (nSPS) is 11.8. The van der Waals surface area contributed by atoms with Crippen LogP contribution >= 0.6 is 7.82 Å². The average molecular weight is 374 g/mol. The zero-order valence-electron chi connectivity index (χ0n) is 13.7. The summed E-state index contributed by atoms with van der Waals surface area (Å²) in [6.07, 6.45) is 3.49. The first-order valence-corrected chi connectivity index (χ1v) is 9.03. The molecule has 0 aliphatic carbocycles. The van der Waals surface area contributed by atoms with Gasteiger partial charge in [0, 0.05) is 11.5 Å². The molecule has 0 aliphatic rings. The van der Waals surface area contributed by atoms with Gasteiger partial charge in [0.05, 0.1) is 12.7 Å². The highest BCUT2D eigenvalue weighted by molar-refractivity contribution is 7.46. The molecule has 0 unspecified atom stereocenters. The molecule has 134 valence electrons. The third-order valence-electron chi connectivity index (χ3n) is 3.55. The fraction of sp³-hybridized carbons (Fsp3) is 0.0556. The molecule has 0 bridgehead atoms. The topological polar surface area (TPSA) is 106 Å². The first-order chi connectivity index (χ1) is 12.4. The van der Waals surface area contributed by atoms with Crippen molar-refractivity contribution in [2.24, 2.45) is 0 Å². The molecule has 0 atom stereocenters. The number of ether oxygens (including phenoxy) is 1. The standard InChI is InChI=1S/C18H15O7P/c1-23-16-10-5-13-6-11-17(19)24-18(13)15(16)9-4-12-2-7-14(8-3-12)25-26(20,21)22/h2-11H,1H3,(H2,20,21,22)/b9-4+. The molecule has 3 aromatic rings. The van der Waals surface area contributed by atoms with E-state index < -0.39 is 13.4 Å². The van der Waals surface area contributed by atoms with Gasteiger partial charge in [0.2, 0.25) is 0 Å². The number of fused-ring (bicyclic) bond motifs is 1. The summed E-state index contributed by atoms with van der Waals surface area (Å²) in [5.41, 5.74) is 1.31. The molecule has 1 heterocycles. The van der Waals surface area contributed by atoms with Crippen molar-refractivity contribution >= 4 is 30.9 Å². The fourth-order valence-electron chi connectivity index (χ4n) is 2.43. The summed E-state index contributed by atoms with van der Waals surface area (Å²) in [6, 6.07) is 12.7. The van der Waals surface area contributed by atoms with E-state index in [2.05, 4.69) is 4.52 Å². The van der Waals surface area contributed by atoms with Crippen LogP contribution in [0.3, 0.4) is 0 Å². The minimum Gasteiger partial charge on any atom is -0.496 e. The van der Waals surface area contributed by atoms with E-state index in [1.54, 1.807) is 42.5 Å². The summed E-state index contributed by atoms with van der Waals surface area (Å²) in [5.74, 6) is 0.605. The van der Waals surface area contributed by atoms with Gasteiger partial charge >= 0.3 is 13.4 Å². The highest BCUT2D eigenvalue weighted by Crippen LogP contribution is 2.37. The van der Waals surface area contributed by atoms with Crippen LogP contribution in [-0.2, 0) is 4.57 Å². The molecule has 0 saturated carbocycles. The largest absolute Gasteiger partial charge is 0.524 e. The van der Waals surface area contributed by atoms with Gasteiger partial charge in [0.1, 0.15) is 17.1 Å². The molecular formula is C18H15O7P. The Morgan fingerprint density at radius 1 is 1.00 bits per heavy atom. The Labute approximate surface area is 148 Å². The van der Waals surface area contributed by atoms with Gasteiger partial charge in [-0.05, 0) is 42.0 Å². The van der Waals surface area contributed by atoms with Crippen LogP contribution in [0.2, 0.25) is 0 Å². The number of phosphoric ester groups is 1. The van der Waals surface area contributed by atoms with Crippen molar-refractivity contribution in [3.8, 4) is 11.5 Å². The lowest BCUT2D eigenvalue weighted by Crippen LogP contribution is -1.97. The average Bonchev–Trinajstić information content (AvgIpc) is 2.59. The molecule has 1 aromatic heterocycles. The summed E-state index contributed by atoms with van der Waals surface area (Å²) in [5, 5.41) is 0.760. The van der Waals surface area contributed by atoms with Crippen molar-refractivity contribution in [2.45, 2.75) is 0 Å². The Bertz CT molecular complexity index is 1060. The number of benzene rings is 2. The zero-order chi connectivity index (χ0) is 18.7. The minimum absolute atomic E-state index is 0.0595. The van der Waals surface area contributed by atoms with Crippen molar-refractivity contribution < 1.29 is 28.0 Å². The van der Waals surface area contributed by atoms with Gasteiger partial charge < -0.3 is 13.7 Å². The molecule has 2 aromatic carbocycles. The maximum absolute atomic E-state index is 11.6. The molecule has 0 spiro atoms. The summed E-state index contributed by atoms with van der Waals surface area (Å²) in [4.78, 5) is 29.1. The van der Waals surface area contributed by atoms with Crippen LogP contribution in [0.25, 0.3) is 23.1 Å². The minimum atomic E-state index is -4.59. The third kappa shape index (κ3) is 4.21. The summed E-state index contributed by atoms with van der Waals surface area (Å²) in [6.45, 7) is 0. The lowest BCUT2D eigenvalue weighted by atomic mass is 10.1. The second kappa shape index (κ2) is 7.17. The smallest absolute Gasteiger partial charge is 0.496 e. The molecule has 2 N–H and O–H groups in total. The Hall–Kier alpha value is -2.86. The quantitative estimate of drug-likeness (QED) is 0.400. The maximum Gasteiger partial charge on any atom is 0.524 e. The second-order valence-electron chi connectivity index (χ2n) is 5.34. The predicted octanol–water partition coefficient (Wildman–Crippen LogP) is 3.44. The van der Waals surface area contributed by atoms with E-state index in [0.29, 0.717) is 16.9 Å². The van der Waals surface area contributed by atoms with Crippen LogP contribution < -0.4 is 14.9 Å². The number of hydrogen-bond acceptors (Lipinski definition) is 5.